The van der Waals surface area contributed by atoms with Gasteiger partial charge in [0.15, 0.2) is 0 Å². The second-order valence-electron chi connectivity index (χ2n) is 9.71. The summed E-state index contributed by atoms with van der Waals surface area (Å²) in [6, 6.07) is 20.9. The van der Waals surface area contributed by atoms with Gasteiger partial charge in [0.05, 0.1) is 5.75 Å². The van der Waals surface area contributed by atoms with E-state index in [1.54, 1.807) is 29.2 Å². The zero-order valence-electron chi connectivity index (χ0n) is 20.8. The molecule has 2 amide bonds. The fourth-order valence-corrected chi connectivity index (χ4v) is 4.58. The molecule has 36 heavy (non-hydrogen) atoms. The number of rotatable bonds is 10. The van der Waals surface area contributed by atoms with Gasteiger partial charge in [-0.2, -0.15) is 0 Å². The molecule has 0 spiro atoms. The molecule has 7 heteroatoms. The predicted molar refractivity (Wildman–Crippen MR) is 141 cm³/mol. The van der Waals surface area contributed by atoms with Crippen molar-refractivity contribution in [2.45, 2.75) is 51.1 Å². The number of amides is 2. The average molecular weight is 511 g/mol. The summed E-state index contributed by atoms with van der Waals surface area (Å²) in [4.78, 5) is 28.6. The lowest BCUT2D eigenvalue weighted by molar-refractivity contribution is -0.140. The van der Waals surface area contributed by atoms with E-state index in [-0.39, 0.29) is 35.7 Å². The van der Waals surface area contributed by atoms with Gasteiger partial charge in [-0.25, -0.2) is 8.78 Å². The minimum atomic E-state index is -0.754. The molecule has 0 aromatic heterocycles. The van der Waals surface area contributed by atoms with Crippen LogP contribution in [0.3, 0.4) is 0 Å². The van der Waals surface area contributed by atoms with Crippen molar-refractivity contribution in [3.05, 3.63) is 107 Å². The molecule has 4 nitrogen and oxygen atoms in total. The summed E-state index contributed by atoms with van der Waals surface area (Å²) in [5.41, 5.74) is 2.09. The van der Waals surface area contributed by atoms with E-state index in [1.807, 2.05) is 51.1 Å². The Bertz CT molecular complexity index is 1130. The molecule has 0 unspecified atom stereocenters. The molecule has 0 saturated heterocycles. The number of benzene rings is 3. The van der Waals surface area contributed by atoms with Crippen molar-refractivity contribution < 1.29 is 18.4 Å². The first kappa shape index (κ1) is 27.4. The predicted octanol–water partition coefficient (Wildman–Crippen LogP) is 5.75. The number of nitrogens with one attached hydrogen (secondary N) is 1. The maximum atomic E-state index is 13.6. The van der Waals surface area contributed by atoms with Gasteiger partial charge in [0.1, 0.15) is 17.7 Å². The third kappa shape index (κ3) is 8.79. The highest BCUT2D eigenvalue weighted by Crippen LogP contribution is 2.19. The van der Waals surface area contributed by atoms with E-state index in [2.05, 4.69) is 5.32 Å². The van der Waals surface area contributed by atoms with Gasteiger partial charge in [0.25, 0.3) is 0 Å². The summed E-state index contributed by atoms with van der Waals surface area (Å²) in [6.45, 7) is 5.87. The molecule has 0 heterocycles. The standard InChI is InChI=1S/C29H32F2N2O2S/c1-29(2,3)32-28(35)26(17-21-7-5-4-6-8-21)33(18-22-9-13-24(30)14-10-22)27(34)20-36-19-23-11-15-25(31)16-12-23/h4-16,26H,17-20H2,1-3H3,(H,32,35)/t26-/m1/s1. The van der Waals surface area contributed by atoms with E-state index >= 15 is 0 Å². The number of thioether (sulfide) groups is 1. The van der Waals surface area contributed by atoms with E-state index in [0.29, 0.717) is 12.2 Å². The summed E-state index contributed by atoms with van der Waals surface area (Å²) >= 11 is 1.40. The van der Waals surface area contributed by atoms with E-state index in [9.17, 15) is 18.4 Å². The molecule has 0 bridgehead atoms. The number of carbonyl (C=O) groups is 2. The monoisotopic (exact) mass is 510 g/mol. The molecule has 3 rings (SSSR count). The molecule has 3 aromatic carbocycles. The highest BCUT2D eigenvalue weighted by atomic mass is 32.2. The van der Waals surface area contributed by atoms with Crippen molar-refractivity contribution in [3.8, 4) is 0 Å². The van der Waals surface area contributed by atoms with E-state index in [0.717, 1.165) is 16.7 Å². The Hall–Kier alpha value is -3.19. The smallest absolute Gasteiger partial charge is 0.243 e. The molecule has 0 aliphatic heterocycles. The Kier molecular flexibility index (Phi) is 9.65. The molecule has 0 radical (unpaired) electrons. The van der Waals surface area contributed by atoms with Gasteiger partial charge < -0.3 is 10.2 Å². The quantitative estimate of drug-likeness (QED) is 0.378. The van der Waals surface area contributed by atoms with Crippen LogP contribution < -0.4 is 5.32 Å². The molecular weight excluding hydrogens is 478 g/mol. The van der Waals surface area contributed by atoms with Crippen molar-refractivity contribution in [3.63, 3.8) is 0 Å². The maximum absolute atomic E-state index is 13.6. The minimum absolute atomic E-state index is 0.145. The molecule has 1 atom stereocenters. The van der Waals surface area contributed by atoms with Crippen LogP contribution in [0.4, 0.5) is 8.78 Å². The van der Waals surface area contributed by atoms with Crippen molar-refractivity contribution >= 4 is 23.6 Å². The van der Waals surface area contributed by atoms with Gasteiger partial charge in [-0.05, 0) is 61.7 Å². The van der Waals surface area contributed by atoms with Crippen LogP contribution in [0.25, 0.3) is 0 Å². The fraction of sp³-hybridized carbons (Fsp3) is 0.310. The van der Waals surface area contributed by atoms with Crippen LogP contribution in [0.2, 0.25) is 0 Å². The van der Waals surface area contributed by atoms with Gasteiger partial charge in [0, 0.05) is 24.3 Å². The summed E-state index contributed by atoms with van der Waals surface area (Å²) in [5, 5.41) is 3.02. The first-order chi connectivity index (χ1) is 17.1. The number of carbonyl (C=O) groups excluding carboxylic acids is 2. The van der Waals surface area contributed by atoms with Crippen LogP contribution in [-0.2, 0) is 28.3 Å². The first-order valence-corrected chi connectivity index (χ1v) is 13.0. The van der Waals surface area contributed by atoms with E-state index in [4.69, 9.17) is 0 Å². The van der Waals surface area contributed by atoms with E-state index < -0.39 is 11.6 Å². The Morgan fingerprint density at radius 1 is 0.833 bits per heavy atom. The molecule has 0 saturated carbocycles. The van der Waals surface area contributed by atoms with Crippen LogP contribution in [-0.4, -0.2) is 34.0 Å². The van der Waals surface area contributed by atoms with Crippen LogP contribution in [0.5, 0.6) is 0 Å². The molecule has 0 aliphatic rings. The van der Waals surface area contributed by atoms with E-state index in [1.165, 1.54) is 36.0 Å². The second kappa shape index (κ2) is 12.7. The molecule has 190 valence electrons. The Balaban J connectivity index is 1.85. The summed E-state index contributed by atoms with van der Waals surface area (Å²) in [5.74, 6) is -0.431. The number of hydrogen-bond donors (Lipinski definition) is 1. The Morgan fingerprint density at radius 3 is 1.94 bits per heavy atom. The van der Waals surface area contributed by atoms with Gasteiger partial charge in [0.2, 0.25) is 11.8 Å². The van der Waals surface area contributed by atoms with Gasteiger partial charge >= 0.3 is 0 Å². The average Bonchev–Trinajstić information content (AvgIpc) is 2.83. The number of nitrogens with zero attached hydrogens (tertiary/aromatic N) is 1. The van der Waals surface area contributed by atoms with Gasteiger partial charge in [-0.1, -0.05) is 54.6 Å². The van der Waals surface area contributed by atoms with Crippen molar-refractivity contribution in [2.24, 2.45) is 0 Å². The molecule has 3 aromatic rings. The molecule has 1 N–H and O–H groups in total. The Labute approximate surface area is 216 Å². The summed E-state index contributed by atoms with van der Waals surface area (Å²) in [6.07, 6.45) is 0.346. The lowest BCUT2D eigenvalue weighted by Gasteiger charge is -2.34. The van der Waals surface area contributed by atoms with Crippen molar-refractivity contribution in [2.75, 3.05) is 5.75 Å². The van der Waals surface area contributed by atoms with Crippen LogP contribution in [0.15, 0.2) is 78.9 Å². The summed E-state index contributed by atoms with van der Waals surface area (Å²) in [7, 11) is 0. The van der Waals surface area contributed by atoms with Crippen LogP contribution in [0.1, 0.15) is 37.5 Å². The van der Waals surface area contributed by atoms with Gasteiger partial charge in [-0.15, -0.1) is 11.8 Å². The third-order valence-electron chi connectivity index (χ3n) is 5.44. The normalized spacial score (nSPS) is 12.1. The number of hydrogen-bond acceptors (Lipinski definition) is 3. The van der Waals surface area contributed by atoms with Crippen LogP contribution in [0, 0.1) is 11.6 Å². The highest BCUT2D eigenvalue weighted by Gasteiger charge is 2.32. The Morgan fingerprint density at radius 2 is 1.39 bits per heavy atom. The maximum Gasteiger partial charge on any atom is 0.243 e. The molecular formula is C29H32F2N2O2S. The number of halogens is 2. The minimum Gasteiger partial charge on any atom is -0.350 e. The highest BCUT2D eigenvalue weighted by molar-refractivity contribution is 7.99. The van der Waals surface area contributed by atoms with Gasteiger partial charge in [-0.3, -0.25) is 9.59 Å². The molecule has 0 aliphatic carbocycles. The zero-order valence-corrected chi connectivity index (χ0v) is 21.7. The second-order valence-corrected chi connectivity index (χ2v) is 10.7. The zero-order chi connectivity index (χ0) is 26.1. The SMILES string of the molecule is CC(C)(C)NC(=O)[C@@H](Cc1ccccc1)N(Cc1ccc(F)cc1)C(=O)CSCc1ccc(F)cc1. The lowest BCUT2D eigenvalue weighted by atomic mass is 10.0. The molecule has 0 fully saturated rings. The first-order valence-electron chi connectivity index (χ1n) is 11.8. The van der Waals surface area contributed by atoms with Crippen molar-refractivity contribution in [1.82, 2.24) is 10.2 Å². The topological polar surface area (TPSA) is 49.4 Å². The van der Waals surface area contributed by atoms with Crippen LogP contribution >= 0.6 is 11.8 Å². The largest absolute Gasteiger partial charge is 0.350 e. The summed E-state index contributed by atoms with van der Waals surface area (Å²) < 4.78 is 26.7. The third-order valence-corrected chi connectivity index (χ3v) is 6.43. The van der Waals surface area contributed by atoms with Crippen molar-refractivity contribution in [1.29, 1.82) is 0 Å². The fourth-order valence-electron chi connectivity index (χ4n) is 3.71. The lowest BCUT2D eigenvalue weighted by Crippen LogP contribution is -2.54.